The van der Waals surface area contributed by atoms with E-state index >= 15 is 0 Å². The van der Waals surface area contributed by atoms with Crippen molar-refractivity contribution in [2.24, 2.45) is 0 Å². The Balaban J connectivity index is 0.949. The SMILES string of the molecule is c1ccc(-c2cccc(-c3ccc(N(c4ccc(-c5cccc(-c6cccc7oc8ccccc8c67)c5)cc4)c4cccc(-n5c6ccccc6c6ccccc65)c4)cc3)c2)cc1. The van der Waals surface area contributed by atoms with Gasteiger partial charge in [-0.1, -0.05) is 164 Å². The molecule has 0 saturated heterocycles. The number of aromatic nitrogens is 1. The van der Waals surface area contributed by atoms with E-state index in [4.69, 9.17) is 4.42 Å². The van der Waals surface area contributed by atoms with Crippen molar-refractivity contribution in [3.8, 4) is 50.2 Å². The van der Waals surface area contributed by atoms with Crippen LogP contribution >= 0.6 is 0 Å². The quantitative estimate of drug-likeness (QED) is 0.153. The summed E-state index contributed by atoms with van der Waals surface area (Å²) in [5.41, 5.74) is 17.9. The van der Waals surface area contributed by atoms with Crippen molar-refractivity contribution in [3.05, 3.63) is 243 Å². The molecule has 296 valence electrons. The highest BCUT2D eigenvalue weighted by Crippen LogP contribution is 2.41. The second kappa shape index (κ2) is 15.3. The third-order valence-corrected chi connectivity index (χ3v) is 12.4. The number of nitrogens with zero attached hydrogens (tertiary/aromatic N) is 2. The van der Waals surface area contributed by atoms with Gasteiger partial charge in [0.05, 0.1) is 11.0 Å². The molecule has 0 saturated carbocycles. The maximum atomic E-state index is 6.25. The Labute approximate surface area is 366 Å². The Kier molecular flexibility index (Phi) is 8.83. The highest BCUT2D eigenvalue weighted by molar-refractivity contribution is 6.12. The minimum atomic E-state index is 0.902. The van der Waals surface area contributed by atoms with Crippen LogP contribution in [0.2, 0.25) is 0 Å². The number of anilines is 3. The van der Waals surface area contributed by atoms with Crippen LogP contribution in [0.4, 0.5) is 17.1 Å². The van der Waals surface area contributed by atoms with Crippen molar-refractivity contribution in [2.45, 2.75) is 0 Å². The minimum Gasteiger partial charge on any atom is -0.456 e. The summed E-state index contributed by atoms with van der Waals surface area (Å²) in [6.07, 6.45) is 0. The normalized spacial score (nSPS) is 11.5. The van der Waals surface area contributed by atoms with Gasteiger partial charge in [-0.05, 0) is 123 Å². The first kappa shape index (κ1) is 36.5. The predicted molar refractivity (Wildman–Crippen MR) is 264 cm³/mol. The number of benzene rings is 10. The lowest BCUT2D eigenvalue weighted by Crippen LogP contribution is -2.10. The summed E-state index contributed by atoms with van der Waals surface area (Å²) in [5.74, 6) is 0. The highest BCUT2D eigenvalue weighted by atomic mass is 16.3. The molecule has 3 heteroatoms. The number of hydrogen-bond acceptors (Lipinski definition) is 2. The second-order valence-corrected chi connectivity index (χ2v) is 16.1. The molecule has 12 aromatic rings. The van der Waals surface area contributed by atoms with Crippen molar-refractivity contribution in [1.82, 2.24) is 4.57 Å². The first-order chi connectivity index (χ1) is 31.2. The van der Waals surface area contributed by atoms with Gasteiger partial charge in [-0.25, -0.2) is 0 Å². The van der Waals surface area contributed by atoms with Gasteiger partial charge >= 0.3 is 0 Å². The maximum absolute atomic E-state index is 6.25. The van der Waals surface area contributed by atoms with Gasteiger partial charge < -0.3 is 13.9 Å². The molecule has 12 rings (SSSR count). The Hall–Kier alpha value is -8.40. The first-order valence-electron chi connectivity index (χ1n) is 21.5. The Bertz CT molecular complexity index is 3560. The van der Waals surface area contributed by atoms with E-state index in [9.17, 15) is 0 Å². The number of rotatable bonds is 8. The summed E-state index contributed by atoms with van der Waals surface area (Å²) in [6, 6.07) is 87.1. The fraction of sp³-hybridized carbons (Fsp3) is 0. The van der Waals surface area contributed by atoms with Crippen LogP contribution in [0.3, 0.4) is 0 Å². The number of para-hydroxylation sites is 3. The summed E-state index contributed by atoms with van der Waals surface area (Å²) in [6.45, 7) is 0. The molecular formula is C60H40N2O. The standard InChI is InChI=1S/C60H40N2O/c1-2-14-41(15-3-1)44-16-10-17-45(38-44)42-30-34-48(35-31-42)61(50-20-12-21-51(40-50)62-56-26-7-4-22-53(56)54-23-5-8-27-57(54)62)49-36-32-43(33-37-49)46-18-11-19-47(39-46)52-25-13-29-59-60(52)55-24-6-9-28-58(55)63-59/h1-40H. The Morgan fingerprint density at radius 2 is 0.778 bits per heavy atom. The molecule has 0 radical (unpaired) electrons. The fourth-order valence-electron chi connectivity index (χ4n) is 9.42. The average molecular weight is 805 g/mol. The lowest BCUT2D eigenvalue weighted by atomic mass is 9.96. The van der Waals surface area contributed by atoms with Crippen molar-refractivity contribution in [2.75, 3.05) is 4.90 Å². The van der Waals surface area contributed by atoms with Crippen molar-refractivity contribution in [1.29, 1.82) is 0 Å². The van der Waals surface area contributed by atoms with Gasteiger partial charge in [0.2, 0.25) is 0 Å². The summed E-state index contributed by atoms with van der Waals surface area (Å²) < 4.78 is 8.64. The van der Waals surface area contributed by atoms with E-state index in [1.165, 1.54) is 49.6 Å². The molecule has 0 amide bonds. The van der Waals surface area contributed by atoms with Crippen molar-refractivity contribution in [3.63, 3.8) is 0 Å². The van der Waals surface area contributed by atoms with Crippen LogP contribution in [0, 0.1) is 0 Å². The smallest absolute Gasteiger partial charge is 0.136 e. The van der Waals surface area contributed by atoms with Crippen LogP contribution in [0.1, 0.15) is 0 Å². The van der Waals surface area contributed by atoms with E-state index < -0.39 is 0 Å². The largest absolute Gasteiger partial charge is 0.456 e. The fourth-order valence-corrected chi connectivity index (χ4v) is 9.42. The van der Waals surface area contributed by atoms with Gasteiger partial charge in [-0.3, -0.25) is 0 Å². The lowest BCUT2D eigenvalue weighted by Gasteiger charge is -2.26. The van der Waals surface area contributed by atoms with Gasteiger partial charge in [0.1, 0.15) is 11.2 Å². The van der Waals surface area contributed by atoms with Crippen molar-refractivity contribution >= 4 is 60.8 Å². The van der Waals surface area contributed by atoms with Crippen LogP contribution in [-0.4, -0.2) is 4.57 Å². The van der Waals surface area contributed by atoms with Crippen molar-refractivity contribution < 1.29 is 4.42 Å². The maximum Gasteiger partial charge on any atom is 0.136 e. The van der Waals surface area contributed by atoms with E-state index in [1.54, 1.807) is 0 Å². The third kappa shape index (κ3) is 6.46. The average Bonchev–Trinajstić information content (AvgIpc) is 3.91. The number of furan rings is 1. The zero-order chi connectivity index (χ0) is 41.7. The molecule has 0 fully saturated rings. The predicted octanol–water partition coefficient (Wildman–Crippen LogP) is 16.8. The molecule has 2 heterocycles. The third-order valence-electron chi connectivity index (χ3n) is 12.4. The van der Waals surface area contributed by atoms with Gasteiger partial charge in [0.25, 0.3) is 0 Å². The molecule has 0 atom stereocenters. The molecule has 0 aliphatic rings. The highest BCUT2D eigenvalue weighted by Gasteiger charge is 2.18. The molecular weight excluding hydrogens is 765 g/mol. The molecule has 2 aromatic heterocycles. The van der Waals surface area contributed by atoms with Gasteiger partial charge in [-0.2, -0.15) is 0 Å². The van der Waals surface area contributed by atoms with E-state index in [-0.39, 0.29) is 0 Å². The van der Waals surface area contributed by atoms with Crippen LogP contribution in [0.15, 0.2) is 247 Å². The number of fused-ring (bicyclic) bond motifs is 6. The summed E-state index contributed by atoms with van der Waals surface area (Å²) in [5, 5.41) is 4.77. The van der Waals surface area contributed by atoms with Crippen LogP contribution in [0.5, 0.6) is 0 Å². The summed E-state index contributed by atoms with van der Waals surface area (Å²) in [7, 11) is 0. The van der Waals surface area contributed by atoms with Crippen LogP contribution in [0.25, 0.3) is 93.9 Å². The molecule has 0 aliphatic carbocycles. The zero-order valence-electron chi connectivity index (χ0n) is 34.4. The molecule has 0 bridgehead atoms. The molecule has 10 aromatic carbocycles. The summed E-state index contributed by atoms with van der Waals surface area (Å²) >= 11 is 0. The Morgan fingerprint density at radius 3 is 1.43 bits per heavy atom. The molecule has 0 unspecified atom stereocenters. The van der Waals surface area contributed by atoms with E-state index in [1.807, 2.05) is 12.1 Å². The molecule has 0 N–H and O–H groups in total. The zero-order valence-corrected chi connectivity index (χ0v) is 34.4. The van der Waals surface area contributed by atoms with Gasteiger partial charge in [0, 0.05) is 44.3 Å². The van der Waals surface area contributed by atoms with E-state index in [0.717, 1.165) is 61.4 Å². The molecule has 0 spiro atoms. The van der Waals surface area contributed by atoms with E-state index in [2.05, 4.69) is 240 Å². The summed E-state index contributed by atoms with van der Waals surface area (Å²) in [4.78, 5) is 2.37. The van der Waals surface area contributed by atoms with Gasteiger partial charge in [0.15, 0.2) is 0 Å². The van der Waals surface area contributed by atoms with E-state index in [0.29, 0.717) is 0 Å². The molecule has 63 heavy (non-hydrogen) atoms. The topological polar surface area (TPSA) is 21.3 Å². The lowest BCUT2D eigenvalue weighted by molar-refractivity contribution is 0.669. The number of hydrogen-bond donors (Lipinski definition) is 0. The van der Waals surface area contributed by atoms with Gasteiger partial charge in [-0.15, -0.1) is 0 Å². The second-order valence-electron chi connectivity index (χ2n) is 16.1. The van der Waals surface area contributed by atoms with Crippen LogP contribution in [-0.2, 0) is 0 Å². The minimum absolute atomic E-state index is 0.902. The molecule has 0 aliphatic heterocycles. The first-order valence-corrected chi connectivity index (χ1v) is 21.5. The molecule has 3 nitrogen and oxygen atoms in total. The van der Waals surface area contributed by atoms with Crippen LogP contribution < -0.4 is 4.90 Å². The monoisotopic (exact) mass is 804 g/mol. The Morgan fingerprint density at radius 1 is 0.302 bits per heavy atom.